The monoisotopic (exact) mass is 425 g/mol. The molecule has 0 aromatic heterocycles. The summed E-state index contributed by atoms with van der Waals surface area (Å²) < 4.78 is 6.07. The number of nitrogens with two attached hydrogens (primary N) is 1. The molecule has 156 valence electrons. The summed E-state index contributed by atoms with van der Waals surface area (Å²) in [5, 5.41) is 19.5. The minimum absolute atomic E-state index is 0. The Morgan fingerprint density at radius 2 is 1.40 bits per heavy atom. The van der Waals surface area contributed by atoms with Gasteiger partial charge in [0.2, 0.25) is 0 Å². The fourth-order valence-electron chi connectivity index (χ4n) is 4.27. The molecule has 4 rings (SSSR count). The maximum absolute atomic E-state index is 13.0. The van der Waals surface area contributed by atoms with Crippen molar-refractivity contribution >= 4 is 24.1 Å². The lowest BCUT2D eigenvalue weighted by atomic mass is 9.78. The summed E-state index contributed by atoms with van der Waals surface area (Å²) >= 11 is 0. The standard InChI is InChI=1S/C24H23NO4.ClH/c1-3-14-13-20-21(22(25)19(14)4-2)23(28)29-24(20,15-5-9-17(26)10-6-15)16-7-11-18(27)12-8-16;/h5-13,26-27H,3-4,25H2,1-2H3;1H. The molecule has 3 aromatic rings. The van der Waals surface area contributed by atoms with Gasteiger partial charge in [-0.1, -0.05) is 38.1 Å². The van der Waals surface area contributed by atoms with Crippen molar-refractivity contribution in [2.24, 2.45) is 0 Å². The highest BCUT2D eigenvalue weighted by Gasteiger charge is 2.50. The van der Waals surface area contributed by atoms with Crippen molar-refractivity contribution in [3.8, 4) is 11.5 Å². The number of phenols is 2. The molecule has 5 nitrogen and oxygen atoms in total. The number of ether oxygens (including phenoxy) is 1. The summed E-state index contributed by atoms with van der Waals surface area (Å²) in [5.74, 6) is -0.237. The van der Waals surface area contributed by atoms with Crippen LogP contribution in [-0.4, -0.2) is 16.2 Å². The summed E-state index contributed by atoms with van der Waals surface area (Å²) in [4.78, 5) is 13.0. The minimum atomic E-state index is -1.21. The van der Waals surface area contributed by atoms with Gasteiger partial charge < -0.3 is 20.7 Å². The van der Waals surface area contributed by atoms with Crippen LogP contribution >= 0.6 is 12.4 Å². The number of anilines is 1. The maximum Gasteiger partial charge on any atom is 0.342 e. The van der Waals surface area contributed by atoms with Gasteiger partial charge in [-0.05, 0) is 54.3 Å². The number of nitrogen functional groups attached to an aromatic ring is 1. The first-order chi connectivity index (χ1) is 13.9. The molecule has 6 heteroatoms. The van der Waals surface area contributed by atoms with E-state index in [2.05, 4.69) is 6.92 Å². The largest absolute Gasteiger partial charge is 0.508 e. The van der Waals surface area contributed by atoms with Crippen molar-refractivity contribution in [1.82, 2.24) is 0 Å². The van der Waals surface area contributed by atoms with Gasteiger partial charge in [0.1, 0.15) is 11.5 Å². The van der Waals surface area contributed by atoms with Crippen LogP contribution in [0.1, 0.15) is 52.0 Å². The zero-order chi connectivity index (χ0) is 20.8. The van der Waals surface area contributed by atoms with Crippen molar-refractivity contribution in [3.05, 3.63) is 88.0 Å². The topological polar surface area (TPSA) is 92.8 Å². The van der Waals surface area contributed by atoms with Crippen molar-refractivity contribution < 1.29 is 19.7 Å². The normalized spacial score (nSPS) is 14.0. The number of fused-ring (bicyclic) bond motifs is 1. The Bertz CT molecular complexity index is 1050. The van der Waals surface area contributed by atoms with Crippen molar-refractivity contribution in [1.29, 1.82) is 0 Å². The van der Waals surface area contributed by atoms with E-state index in [-0.39, 0.29) is 23.9 Å². The molecule has 30 heavy (non-hydrogen) atoms. The fourth-order valence-corrected chi connectivity index (χ4v) is 4.27. The smallest absolute Gasteiger partial charge is 0.342 e. The Kier molecular flexibility index (Phi) is 5.68. The highest BCUT2D eigenvalue weighted by molar-refractivity contribution is 6.02. The number of cyclic esters (lactones) is 1. The Hall–Kier alpha value is -3.18. The van der Waals surface area contributed by atoms with Crippen LogP contribution in [0.15, 0.2) is 54.6 Å². The molecule has 4 N–H and O–H groups in total. The van der Waals surface area contributed by atoms with Crippen molar-refractivity contribution in [2.45, 2.75) is 32.3 Å². The molecule has 0 unspecified atom stereocenters. The van der Waals surface area contributed by atoms with Gasteiger partial charge in [0.25, 0.3) is 0 Å². The number of rotatable bonds is 4. The molecule has 0 saturated heterocycles. The molecular formula is C24H24ClNO4. The number of aryl methyl sites for hydroxylation is 1. The molecule has 0 atom stereocenters. The first kappa shape index (κ1) is 21.5. The average Bonchev–Trinajstić information content (AvgIpc) is 3.02. The molecule has 3 aromatic carbocycles. The Labute approximate surface area is 181 Å². The Morgan fingerprint density at radius 3 is 1.83 bits per heavy atom. The van der Waals surface area contributed by atoms with E-state index in [1.54, 1.807) is 48.5 Å². The van der Waals surface area contributed by atoms with Gasteiger partial charge in [0.05, 0.1) is 11.3 Å². The number of halogens is 1. The van der Waals surface area contributed by atoms with Gasteiger partial charge in [-0.25, -0.2) is 4.79 Å². The van der Waals surface area contributed by atoms with E-state index in [4.69, 9.17) is 10.5 Å². The van der Waals surface area contributed by atoms with Crippen LogP contribution in [0.2, 0.25) is 0 Å². The van der Waals surface area contributed by atoms with Crippen molar-refractivity contribution in [3.63, 3.8) is 0 Å². The third-order valence-electron chi connectivity index (χ3n) is 5.68. The first-order valence-electron chi connectivity index (χ1n) is 9.69. The summed E-state index contributed by atoms with van der Waals surface area (Å²) in [6, 6.07) is 15.2. The highest BCUT2D eigenvalue weighted by Crippen LogP contribution is 2.50. The average molecular weight is 426 g/mol. The SMILES string of the molecule is CCc1cc2c(c(N)c1CC)C(=O)OC2(c1ccc(O)cc1)c1ccc(O)cc1.Cl. The lowest BCUT2D eigenvalue weighted by Crippen LogP contribution is -2.29. The second kappa shape index (κ2) is 7.92. The van der Waals surface area contributed by atoms with Crippen LogP contribution in [0, 0.1) is 0 Å². The number of esters is 1. The van der Waals surface area contributed by atoms with Crippen LogP contribution in [0.5, 0.6) is 11.5 Å². The molecular weight excluding hydrogens is 402 g/mol. The number of phenolic OH excluding ortho intramolecular Hbond substituents is 2. The summed E-state index contributed by atoms with van der Waals surface area (Å²) in [6.07, 6.45) is 1.50. The predicted molar refractivity (Wildman–Crippen MR) is 118 cm³/mol. The number of carbonyl (C=O) groups excluding carboxylic acids is 1. The summed E-state index contributed by atoms with van der Waals surface area (Å²) in [7, 11) is 0. The molecule has 0 spiro atoms. The van der Waals surface area contributed by atoms with E-state index in [1.807, 2.05) is 13.0 Å². The van der Waals surface area contributed by atoms with E-state index in [1.165, 1.54) is 0 Å². The van der Waals surface area contributed by atoms with Crippen LogP contribution in [0.4, 0.5) is 5.69 Å². The molecule has 0 fully saturated rings. The van der Waals surface area contributed by atoms with E-state index in [0.717, 1.165) is 24.0 Å². The molecule has 0 radical (unpaired) electrons. The fraction of sp³-hybridized carbons (Fsp3) is 0.208. The van der Waals surface area contributed by atoms with Gasteiger partial charge in [-0.15, -0.1) is 12.4 Å². The first-order valence-corrected chi connectivity index (χ1v) is 9.69. The molecule has 0 saturated carbocycles. The van der Waals surface area contributed by atoms with E-state index in [9.17, 15) is 15.0 Å². The zero-order valence-electron chi connectivity index (χ0n) is 16.8. The predicted octanol–water partition coefficient (Wildman–Crippen LogP) is 4.69. The number of carbonyl (C=O) groups is 1. The number of benzene rings is 3. The van der Waals surface area contributed by atoms with Gasteiger partial charge in [0, 0.05) is 16.7 Å². The lowest BCUT2D eigenvalue weighted by molar-refractivity contribution is 0.0252. The van der Waals surface area contributed by atoms with Gasteiger partial charge in [-0.2, -0.15) is 0 Å². The van der Waals surface area contributed by atoms with Crippen LogP contribution in [-0.2, 0) is 23.2 Å². The molecule has 1 heterocycles. The zero-order valence-corrected chi connectivity index (χ0v) is 17.6. The van der Waals surface area contributed by atoms with E-state index < -0.39 is 11.6 Å². The molecule has 0 bridgehead atoms. The molecule has 0 aliphatic carbocycles. The van der Waals surface area contributed by atoms with Crippen LogP contribution in [0.25, 0.3) is 0 Å². The number of hydrogen-bond donors (Lipinski definition) is 3. The second-order valence-corrected chi connectivity index (χ2v) is 7.22. The summed E-state index contributed by atoms with van der Waals surface area (Å²) in [5.41, 5.74) is 10.2. The molecule has 1 aliphatic rings. The Morgan fingerprint density at radius 1 is 0.900 bits per heavy atom. The van der Waals surface area contributed by atoms with Gasteiger partial charge in [0.15, 0.2) is 5.60 Å². The van der Waals surface area contributed by atoms with Crippen LogP contribution in [0.3, 0.4) is 0 Å². The van der Waals surface area contributed by atoms with Crippen molar-refractivity contribution in [2.75, 3.05) is 5.73 Å². The molecule has 0 amide bonds. The van der Waals surface area contributed by atoms with Gasteiger partial charge in [-0.3, -0.25) is 0 Å². The Balaban J connectivity index is 0.00000256. The third kappa shape index (κ3) is 3.06. The third-order valence-corrected chi connectivity index (χ3v) is 5.68. The van der Waals surface area contributed by atoms with E-state index in [0.29, 0.717) is 27.9 Å². The highest BCUT2D eigenvalue weighted by atomic mass is 35.5. The van der Waals surface area contributed by atoms with E-state index >= 15 is 0 Å². The minimum Gasteiger partial charge on any atom is -0.508 e. The quantitative estimate of drug-likeness (QED) is 0.416. The molecule has 1 aliphatic heterocycles. The number of hydrogen-bond acceptors (Lipinski definition) is 5. The summed E-state index contributed by atoms with van der Waals surface area (Å²) in [6.45, 7) is 4.07. The maximum atomic E-state index is 13.0. The second-order valence-electron chi connectivity index (χ2n) is 7.22. The van der Waals surface area contributed by atoms with Crippen LogP contribution < -0.4 is 5.73 Å². The lowest BCUT2D eigenvalue weighted by Gasteiger charge is -2.31. The number of aromatic hydroxyl groups is 2. The van der Waals surface area contributed by atoms with Gasteiger partial charge >= 0.3 is 5.97 Å².